The molecule has 1 aliphatic heterocycles. The second-order valence-corrected chi connectivity index (χ2v) is 7.18. The zero-order chi connectivity index (χ0) is 20.0. The van der Waals surface area contributed by atoms with Crippen molar-refractivity contribution in [2.45, 2.75) is 18.9 Å². The van der Waals surface area contributed by atoms with Crippen LogP contribution in [0.25, 0.3) is 11.0 Å². The van der Waals surface area contributed by atoms with Crippen LogP contribution in [0.1, 0.15) is 29.0 Å². The van der Waals surface area contributed by atoms with Crippen LogP contribution in [0.15, 0.2) is 48.7 Å². The molecule has 3 heterocycles. The van der Waals surface area contributed by atoms with E-state index in [1.54, 1.807) is 11.8 Å². The predicted molar refractivity (Wildman–Crippen MR) is 108 cm³/mol. The lowest BCUT2D eigenvalue weighted by atomic mass is 9.87. The number of anilines is 1. The monoisotopic (exact) mass is 388 g/mol. The number of ether oxygens (including phenoxy) is 1. The fourth-order valence-electron chi connectivity index (χ4n) is 3.96. The number of aryl methyl sites for hydroxylation is 1. The van der Waals surface area contributed by atoms with E-state index < -0.39 is 0 Å². The lowest BCUT2D eigenvalue weighted by Gasteiger charge is -2.24. The van der Waals surface area contributed by atoms with Crippen molar-refractivity contribution >= 4 is 22.8 Å². The molecule has 8 heteroatoms. The topological polar surface area (TPSA) is 86.9 Å². The minimum atomic E-state index is -0.0726. The number of para-hydroxylation sites is 1. The van der Waals surface area contributed by atoms with E-state index in [1.807, 2.05) is 60.4 Å². The van der Waals surface area contributed by atoms with Gasteiger partial charge in [0.1, 0.15) is 17.1 Å². The molecule has 29 heavy (non-hydrogen) atoms. The van der Waals surface area contributed by atoms with Crippen LogP contribution in [0, 0.1) is 0 Å². The molecule has 2 aromatic heterocycles. The second kappa shape index (κ2) is 6.73. The zero-order valence-corrected chi connectivity index (χ0v) is 16.2. The van der Waals surface area contributed by atoms with Crippen LogP contribution in [0.3, 0.4) is 0 Å². The Morgan fingerprint density at radius 2 is 2.10 bits per heavy atom. The van der Waals surface area contributed by atoms with E-state index in [9.17, 15) is 4.79 Å². The van der Waals surface area contributed by atoms with E-state index >= 15 is 0 Å². The third-order valence-corrected chi connectivity index (χ3v) is 5.44. The van der Waals surface area contributed by atoms with Gasteiger partial charge in [-0.3, -0.25) is 4.79 Å². The van der Waals surface area contributed by atoms with Crippen LogP contribution in [0.2, 0.25) is 0 Å². The molecule has 8 nitrogen and oxygen atoms in total. The van der Waals surface area contributed by atoms with Crippen molar-refractivity contribution < 1.29 is 9.53 Å². The molecule has 1 N–H and O–H groups in total. The summed E-state index contributed by atoms with van der Waals surface area (Å²) in [6.07, 6.45) is 2.22. The molecule has 2 aromatic carbocycles. The van der Waals surface area contributed by atoms with Gasteiger partial charge in [0.05, 0.1) is 25.4 Å². The maximum absolute atomic E-state index is 12.5. The van der Waals surface area contributed by atoms with Gasteiger partial charge in [0, 0.05) is 30.5 Å². The Morgan fingerprint density at radius 3 is 2.97 bits per heavy atom. The Kier molecular flexibility index (Phi) is 4.04. The Hall–Kier alpha value is -3.68. The van der Waals surface area contributed by atoms with E-state index in [2.05, 4.69) is 20.7 Å². The fraction of sp³-hybridized carbons (Fsp3) is 0.238. The molecular weight excluding hydrogens is 368 g/mol. The first kappa shape index (κ1) is 17.4. The van der Waals surface area contributed by atoms with Crippen molar-refractivity contribution in [1.82, 2.24) is 24.8 Å². The number of benzene rings is 2. The van der Waals surface area contributed by atoms with Gasteiger partial charge in [-0.05, 0) is 23.8 Å². The highest BCUT2D eigenvalue weighted by Gasteiger charge is 2.30. The summed E-state index contributed by atoms with van der Waals surface area (Å²) in [6, 6.07) is 13.9. The van der Waals surface area contributed by atoms with Gasteiger partial charge in [-0.25, -0.2) is 9.36 Å². The van der Waals surface area contributed by atoms with E-state index in [0.29, 0.717) is 13.0 Å². The molecule has 4 aromatic rings. The quantitative estimate of drug-likeness (QED) is 0.581. The number of hydrogen-bond donors (Lipinski definition) is 1. The third kappa shape index (κ3) is 2.93. The van der Waals surface area contributed by atoms with Crippen molar-refractivity contribution in [3.8, 4) is 5.75 Å². The number of amides is 1. The number of hydrogen-bond acceptors (Lipinski definition) is 5. The first-order valence-electron chi connectivity index (χ1n) is 9.41. The number of carbonyl (C=O) groups excluding carboxylic acids is 1. The molecule has 1 amide bonds. The van der Waals surface area contributed by atoms with Crippen LogP contribution in [-0.2, 0) is 18.4 Å². The predicted octanol–water partition coefficient (Wildman–Crippen LogP) is 2.70. The van der Waals surface area contributed by atoms with Gasteiger partial charge < -0.3 is 10.1 Å². The summed E-state index contributed by atoms with van der Waals surface area (Å²) < 4.78 is 9.01. The smallest absolute Gasteiger partial charge is 0.226 e. The van der Waals surface area contributed by atoms with E-state index in [-0.39, 0.29) is 11.8 Å². The number of nitrogens with zero attached hydrogens (tertiary/aromatic N) is 5. The van der Waals surface area contributed by atoms with Gasteiger partial charge in [0.2, 0.25) is 5.91 Å². The molecule has 0 radical (unpaired) electrons. The number of fused-ring (bicyclic) bond motifs is 2. The van der Waals surface area contributed by atoms with Gasteiger partial charge in [0.15, 0.2) is 0 Å². The number of carbonyl (C=O) groups is 1. The van der Waals surface area contributed by atoms with Crippen molar-refractivity contribution in [3.05, 3.63) is 65.4 Å². The molecular formula is C21H20N6O2. The first-order chi connectivity index (χ1) is 14.1. The van der Waals surface area contributed by atoms with Crippen molar-refractivity contribution in [1.29, 1.82) is 0 Å². The lowest BCUT2D eigenvalue weighted by Crippen LogP contribution is -2.25. The van der Waals surface area contributed by atoms with Gasteiger partial charge in [-0.2, -0.15) is 5.10 Å². The van der Waals surface area contributed by atoms with Crippen molar-refractivity contribution in [2.24, 2.45) is 7.05 Å². The molecule has 0 aliphatic carbocycles. The summed E-state index contributed by atoms with van der Waals surface area (Å²) in [4.78, 5) is 12.5. The average Bonchev–Trinajstić information content (AvgIpc) is 3.31. The molecule has 0 saturated heterocycles. The van der Waals surface area contributed by atoms with E-state index in [1.165, 1.54) is 0 Å². The third-order valence-electron chi connectivity index (χ3n) is 5.44. The van der Waals surface area contributed by atoms with Gasteiger partial charge in [-0.15, -0.1) is 5.10 Å². The van der Waals surface area contributed by atoms with Crippen LogP contribution in [0.5, 0.6) is 5.75 Å². The average molecular weight is 388 g/mol. The Balaban J connectivity index is 1.54. The van der Waals surface area contributed by atoms with Crippen LogP contribution < -0.4 is 10.1 Å². The summed E-state index contributed by atoms with van der Waals surface area (Å²) in [5.74, 6) is 1.43. The van der Waals surface area contributed by atoms with E-state index in [4.69, 9.17) is 4.74 Å². The SMILES string of the molecule is COc1ccccc1Cn1ncc2c1NC(=O)CC2c1ccc2c(c1)nnn2C. The number of rotatable bonds is 4. The largest absolute Gasteiger partial charge is 0.496 e. The molecule has 0 bridgehead atoms. The molecule has 1 atom stereocenters. The van der Waals surface area contributed by atoms with Crippen LogP contribution in [-0.4, -0.2) is 37.8 Å². The highest BCUT2D eigenvalue weighted by atomic mass is 16.5. The standard InChI is InChI=1S/C21H20N6O2/c1-26-18-8-7-13(9-17(18)24-25-26)15-10-20(28)23-21-16(15)11-22-27(21)12-14-5-3-4-6-19(14)29-2/h3-9,11,15H,10,12H2,1-2H3,(H,23,28). The minimum absolute atomic E-state index is 0.0245. The molecule has 5 rings (SSSR count). The highest BCUT2D eigenvalue weighted by Crippen LogP contribution is 2.38. The highest BCUT2D eigenvalue weighted by molar-refractivity contribution is 5.94. The molecule has 0 saturated carbocycles. The molecule has 0 fully saturated rings. The summed E-state index contributed by atoms with van der Waals surface area (Å²) in [5, 5.41) is 15.8. The van der Waals surface area contributed by atoms with Crippen LogP contribution in [0.4, 0.5) is 5.82 Å². The van der Waals surface area contributed by atoms with E-state index in [0.717, 1.165) is 39.3 Å². The van der Waals surface area contributed by atoms with Gasteiger partial charge in [-0.1, -0.05) is 29.5 Å². The van der Waals surface area contributed by atoms with Gasteiger partial charge >= 0.3 is 0 Å². The summed E-state index contributed by atoms with van der Waals surface area (Å²) >= 11 is 0. The Morgan fingerprint density at radius 1 is 1.24 bits per heavy atom. The van der Waals surface area contributed by atoms with Crippen molar-refractivity contribution in [3.63, 3.8) is 0 Å². The lowest BCUT2D eigenvalue weighted by molar-refractivity contribution is -0.116. The first-order valence-corrected chi connectivity index (χ1v) is 9.41. The zero-order valence-electron chi connectivity index (χ0n) is 16.2. The Labute approximate surface area is 167 Å². The maximum Gasteiger partial charge on any atom is 0.226 e. The maximum atomic E-state index is 12.5. The molecule has 0 spiro atoms. The summed E-state index contributed by atoms with van der Waals surface area (Å²) in [5.41, 5.74) is 4.81. The molecule has 146 valence electrons. The molecule has 1 unspecified atom stereocenters. The van der Waals surface area contributed by atoms with Gasteiger partial charge in [0.25, 0.3) is 0 Å². The number of methoxy groups -OCH3 is 1. The summed E-state index contributed by atoms with van der Waals surface area (Å²) in [7, 11) is 3.51. The van der Waals surface area contributed by atoms with Crippen molar-refractivity contribution in [2.75, 3.05) is 12.4 Å². The molecule has 1 aliphatic rings. The number of aromatic nitrogens is 5. The second-order valence-electron chi connectivity index (χ2n) is 7.18. The van der Waals surface area contributed by atoms with Crippen LogP contribution >= 0.6 is 0 Å². The normalized spacial score (nSPS) is 15.9. The summed E-state index contributed by atoms with van der Waals surface area (Å²) in [6.45, 7) is 0.509. The minimum Gasteiger partial charge on any atom is -0.496 e. The number of nitrogens with one attached hydrogen (secondary N) is 1. The Bertz CT molecular complexity index is 1230. The fourth-order valence-corrected chi connectivity index (χ4v) is 3.96.